The van der Waals surface area contributed by atoms with Crippen LogP contribution in [0.3, 0.4) is 0 Å². The molecule has 0 fully saturated rings. The van der Waals surface area contributed by atoms with Crippen molar-refractivity contribution < 1.29 is 19.2 Å². The summed E-state index contributed by atoms with van der Waals surface area (Å²) in [5.74, 6) is -1.34. The summed E-state index contributed by atoms with van der Waals surface area (Å²) in [6.45, 7) is 2.05. The maximum Gasteiger partial charge on any atom is 0.217 e. The first-order valence-corrected chi connectivity index (χ1v) is 14.0. The summed E-state index contributed by atoms with van der Waals surface area (Å²) in [6.07, 6.45) is 5.59. The first-order chi connectivity index (χ1) is 14.6. The lowest BCUT2D eigenvalue weighted by molar-refractivity contribution is -0.118. The van der Waals surface area contributed by atoms with Crippen molar-refractivity contribution in [2.75, 3.05) is 24.6 Å². The van der Waals surface area contributed by atoms with Crippen LogP contribution in [0.25, 0.3) is 0 Å². The Bertz CT molecular complexity index is 753. The number of carbonyl (C=O) groups is 4. The van der Waals surface area contributed by atoms with Gasteiger partial charge < -0.3 is 22.9 Å². The fourth-order valence-corrected chi connectivity index (χ4v) is 7.92. The molecular weight excluding hydrogens is 434 g/mol. The zero-order valence-electron chi connectivity index (χ0n) is 18.1. The number of primary amides is 4. The Labute approximate surface area is 186 Å². The maximum atomic E-state index is 11.2. The third-order valence-electron chi connectivity index (χ3n) is 4.90. The van der Waals surface area contributed by atoms with Gasteiger partial charge in [0.15, 0.2) is 0 Å². The van der Waals surface area contributed by atoms with Gasteiger partial charge in [0, 0.05) is 25.7 Å². The molecule has 0 aliphatic rings. The lowest BCUT2D eigenvalue weighted by Gasteiger charge is -2.20. The number of hydrogen-bond acceptors (Lipinski definition) is 4. The maximum absolute atomic E-state index is 11.2. The standard InChI is InChI=1S/C21H34N4O4P2/c1-15-12-16(13-30(8-4-18(22)26)9-5-19(23)27)2-3-17(15)14-31(10-6-20(24)28)11-7-21(25)29/h2-3,12H,4-11,13-14H2,1H3,(H2,22,26)(H2,23,27)(H2,24,28)(H2,25,29). The van der Waals surface area contributed by atoms with Crippen molar-refractivity contribution in [1.29, 1.82) is 0 Å². The van der Waals surface area contributed by atoms with Gasteiger partial charge >= 0.3 is 0 Å². The minimum atomic E-state index is -0.571. The molecule has 0 bridgehead atoms. The third kappa shape index (κ3) is 12.4. The van der Waals surface area contributed by atoms with E-state index < -0.39 is 15.8 Å². The second-order valence-electron chi connectivity index (χ2n) is 7.68. The number of hydrogen-bond donors (Lipinski definition) is 4. The largest absolute Gasteiger partial charge is 0.370 e. The molecule has 0 heterocycles. The number of carbonyl (C=O) groups excluding carboxylic acids is 4. The predicted molar refractivity (Wildman–Crippen MR) is 127 cm³/mol. The molecule has 4 amide bonds. The van der Waals surface area contributed by atoms with Gasteiger partial charge in [-0.25, -0.2) is 0 Å². The SMILES string of the molecule is Cc1cc(CP(CCC(N)=O)CCC(N)=O)ccc1CP(CCC(N)=O)CCC(N)=O. The summed E-state index contributed by atoms with van der Waals surface area (Å²) in [6, 6.07) is 6.29. The summed E-state index contributed by atoms with van der Waals surface area (Å²) in [4.78, 5) is 44.7. The highest BCUT2D eigenvalue weighted by atomic mass is 31.1. The first-order valence-electron chi connectivity index (χ1n) is 10.2. The topological polar surface area (TPSA) is 172 Å². The van der Waals surface area contributed by atoms with Crippen molar-refractivity contribution in [3.8, 4) is 0 Å². The number of nitrogens with two attached hydrogens (primary N) is 4. The van der Waals surface area contributed by atoms with Crippen LogP contribution in [-0.2, 0) is 31.5 Å². The molecule has 0 radical (unpaired) electrons. The van der Waals surface area contributed by atoms with Crippen molar-refractivity contribution in [2.24, 2.45) is 22.9 Å². The van der Waals surface area contributed by atoms with E-state index in [2.05, 4.69) is 18.2 Å². The fourth-order valence-electron chi connectivity index (χ4n) is 3.15. The molecular formula is C21H34N4O4P2. The molecule has 0 spiro atoms. The Balaban J connectivity index is 2.84. The minimum absolute atomic E-state index is 0.311. The normalized spacial score (nSPS) is 11.1. The molecule has 1 aromatic rings. The highest BCUT2D eigenvalue weighted by Gasteiger charge is 2.15. The molecule has 0 saturated carbocycles. The lowest BCUT2D eigenvalue weighted by atomic mass is 10.1. The number of benzene rings is 1. The molecule has 0 saturated heterocycles. The average molecular weight is 468 g/mol. The molecule has 0 aliphatic heterocycles. The zero-order chi connectivity index (χ0) is 23.4. The van der Waals surface area contributed by atoms with E-state index in [-0.39, 0.29) is 23.6 Å². The Morgan fingerprint density at radius 1 is 0.677 bits per heavy atom. The van der Waals surface area contributed by atoms with E-state index in [1.54, 1.807) is 0 Å². The van der Waals surface area contributed by atoms with Gasteiger partial charge in [0.1, 0.15) is 0 Å². The molecule has 0 aromatic heterocycles. The van der Waals surface area contributed by atoms with E-state index in [4.69, 9.17) is 22.9 Å². The van der Waals surface area contributed by atoms with Crippen LogP contribution in [0.2, 0.25) is 0 Å². The summed E-state index contributed by atoms with van der Waals surface area (Å²) in [5, 5.41) is 0. The van der Waals surface area contributed by atoms with Crippen molar-refractivity contribution in [3.63, 3.8) is 0 Å². The molecule has 1 rings (SSSR count). The van der Waals surface area contributed by atoms with Crippen molar-refractivity contribution in [3.05, 3.63) is 34.9 Å². The van der Waals surface area contributed by atoms with Crippen molar-refractivity contribution in [2.45, 2.75) is 44.9 Å². The second kappa shape index (κ2) is 14.1. The Morgan fingerprint density at radius 3 is 1.42 bits per heavy atom. The molecule has 31 heavy (non-hydrogen) atoms. The highest BCUT2D eigenvalue weighted by molar-refractivity contribution is 7.57. The number of aryl methyl sites for hydroxylation is 1. The Hall–Kier alpha value is -2.04. The van der Waals surface area contributed by atoms with Gasteiger partial charge in [-0.05, 0) is 60.6 Å². The minimum Gasteiger partial charge on any atom is -0.370 e. The van der Waals surface area contributed by atoms with Gasteiger partial charge in [-0.3, -0.25) is 19.2 Å². The molecule has 0 aliphatic carbocycles. The van der Waals surface area contributed by atoms with Crippen molar-refractivity contribution >= 4 is 39.5 Å². The van der Waals surface area contributed by atoms with Gasteiger partial charge in [0.05, 0.1) is 0 Å². The highest BCUT2D eigenvalue weighted by Crippen LogP contribution is 2.43. The zero-order valence-corrected chi connectivity index (χ0v) is 19.9. The van der Waals surface area contributed by atoms with E-state index >= 15 is 0 Å². The van der Waals surface area contributed by atoms with Crippen molar-refractivity contribution in [1.82, 2.24) is 0 Å². The van der Waals surface area contributed by atoms with Crippen LogP contribution in [0.15, 0.2) is 18.2 Å². The summed E-state index contributed by atoms with van der Waals surface area (Å²) < 4.78 is 0. The van der Waals surface area contributed by atoms with Crippen LogP contribution >= 0.6 is 15.8 Å². The monoisotopic (exact) mass is 468 g/mol. The van der Waals surface area contributed by atoms with Gasteiger partial charge in [-0.15, -0.1) is 15.8 Å². The van der Waals surface area contributed by atoms with E-state index in [0.29, 0.717) is 50.3 Å². The molecule has 8 N–H and O–H groups in total. The van der Waals surface area contributed by atoms with E-state index in [1.165, 1.54) is 5.56 Å². The van der Waals surface area contributed by atoms with Crippen LogP contribution in [0.1, 0.15) is 42.4 Å². The summed E-state index contributed by atoms with van der Waals surface area (Å²) in [5.41, 5.74) is 24.7. The summed E-state index contributed by atoms with van der Waals surface area (Å²) in [7, 11) is -1.14. The Kier molecular flexibility index (Phi) is 12.3. The molecule has 1 aromatic carbocycles. The Morgan fingerprint density at radius 2 is 1.06 bits per heavy atom. The second-order valence-corrected chi connectivity index (χ2v) is 12.8. The fraction of sp³-hybridized carbons (Fsp3) is 0.524. The van der Waals surface area contributed by atoms with Crippen LogP contribution < -0.4 is 22.9 Å². The van der Waals surface area contributed by atoms with Gasteiger partial charge in [-0.2, -0.15) is 0 Å². The molecule has 0 atom stereocenters. The quantitative estimate of drug-likeness (QED) is 0.269. The molecule has 172 valence electrons. The summed E-state index contributed by atoms with van der Waals surface area (Å²) >= 11 is 0. The van der Waals surface area contributed by atoms with E-state index in [1.807, 2.05) is 6.92 Å². The molecule has 0 unspecified atom stereocenters. The first kappa shape index (κ1) is 27.0. The van der Waals surface area contributed by atoms with Gasteiger partial charge in [0.2, 0.25) is 23.6 Å². The molecule has 10 heteroatoms. The average Bonchev–Trinajstić information content (AvgIpc) is 2.67. The van der Waals surface area contributed by atoms with E-state index in [9.17, 15) is 19.2 Å². The van der Waals surface area contributed by atoms with Crippen LogP contribution in [0, 0.1) is 6.92 Å². The van der Waals surface area contributed by atoms with Crippen LogP contribution in [0.5, 0.6) is 0 Å². The van der Waals surface area contributed by atoms with E-state index in [0.717, 1.165) is 23.5 Å². The molecule has 8 nitrogen and oxygen atoms in total. The lowest BCUT2D eigenvalue weighted by Crippen LogP contribution is -2.15. The smallest absolute Gasteiger partial charge is 0.217 e. The van der Waals surface area contributed by atoms with Crippen LogP contribution in [-0.4, -0.2) is 48.3 Å². The number of rotatable bonds is 16. The van der Waals surface area contributed by atoms with Gasteiger partial charge in [0.25, 0.3) is 0 Å². The van der Waals surface area contributed by atoms with Gasteiger partial charge in [-0.1, -0.05) is 18.2 Å². The number of amides is 4. The third-order valence-corrected chi connectivity index (χ3v) is 9.93. The van der Waals surface area contributed by atoms with Crippen LogP contribution in [0.4, 0.5) is 0 Å². The predicted octanol–water partition coefficient (Wildman–Crippen LogP) is 1.46.